The Morgan fingerprint density at radius 2 is 1.90 bits per heavy atom. The summed E-state index contributed by atoms with van der Waals surface area (Å²) in [5.41, 5.74) is 0.874. The van der Waals surface area contributed by atoms with Gasteiger partial charge in [-0.05, 0) is 17.7 Å². The van der Waals surface area contributed by atoms with E-state index in [1.165, 1.54) is 23.9 Å². The summed E-state index contributed by atoms with van der Waals surface area (Å²) in [6, 6.07) is 5.76. The Hall–Kier alpha value is -1.70. The maximum absolute atomic E-state index is 12.0. The van der Waals surface area contributed by atoms with Gasteiger partial charge in [0.15, 0.2) is 5.16 Å². The van der Waals surface area contributed by atoms with E-state index in [9.17, 15) is 13.2 Å². The van der Waals surface area contributed by atoms with Gasteiger partial charge in [0.25, 0.3) is 0 Å². The predicted octanol–water partition coefficient (Wildman–Crippen LogP) is 3.56. The third-order valence-electron chi connectivity index (χ3n) is 2.38. The van der Waals surface area contributed by atoms with Crippen LogP contribution in [0.1, 0.15) is 18.3 Å². The molecule has 0 fully saturated rings. The number of ether oxygens (including phenoxy) is 1. The molecule has 1 N–H and O–H groups in total. The summed E-state index contributed by atoms with van der Waals surface area (Å²) in [6.45, 7) is 1.97. The molecular formula is C12H12F3N3OS. The summed E-state index contributed by atoms with van der Waals surface area (Å²) in [7, 11) is 0. The molecule has 0 aliphatic heterocycles. The molecule has 2 rings (SSSR count). The number of aromatic amines is 1. The molecule has 20 heavy (non-hydrogen) atoms. The number of H-pyrrole nitrogens is 1. The highest BCUT2D eigenvalue weighted by Gasteiger charge is 2.30. The first-order chi connectivity index (χ1) is 9.46. The Bertz CT molecular complexity index is 554. The first-order valence-corrected chi connectivity index (χ1v) is 6.84. The quantitative estimate of drug-likeness (QED) is 0.858. The molecule has 0 saturated carbocycles. The topological polar surface area (TPSA) is 50.8 Å². The number of halogens is 3. The van der Waals surface area contributed by atoms with Crippen LogP contribution in [0.5, 0.6) is 5.75 Å². The summed E-state index contributed by atoms with van der Waals surface area (Å²) in [6.07, 6.45) is -3.89. The van der Waals surface area contributed by atoms with Crippen LogP contribution >= 0.6 is 11.8 Å². The largest absolute Gasteiger partial charge is 0.573 e. The van der Waals surface area contributed by atoms with Crippen LogP contribution in [-0.4, -0.2) is 21.5 Å². The summed E-state index contributed by atoms with van der Waals surface area (Å²) >= 11 is 1.44. The molecule has 1 aromatic carbocycles. The van der Waals surface area contributed by atoms with E-state index in [-0.39, 0.29) is 5.75 Å². The van der Waals surface area contributed by atoms with Crippen molar-refractivity contribution >= 4 is 11.8 Å². The van der Waals surface area contributed by atoms with E-state index in [0.29, 0.717) is 10.9 Å². The summed E-state index contributed by atoms with van der Waals surface area (Å²) in [5.74, 6) is 1.17. The average Bonchev–Trinajstić information content (AvgIpc) is 2.84. The SMILES string of the molecule is CCc1nnc(SCc2ccc(OC(F)(F)F)cc2)[nH]1. The fourth-order valence-electron chi connectivity index (χ4n) is 1.44. The lowest BCUT2D eigenvalue weighted by Crippen LogP contribution is -2.16. The molecule has 1 aromatic heterocycles. The minimum absolute atomic E-state index is 0.223. The lowest BCUT2D eigenvalue weighted by Gasteiger charge is -2.08. The molecular weight excluding hydrogens is 291 g/mol. The molecule has 4 nitrogen and oxygen atoms in total. The van der Waals surface area contributed by atoms with Crippen LogP contribution in [0.2, 0.25) is 0 Å². The molecule has 0 bridgehead atoms. The minimum Gasteiger partial charge on any atom is -0.406 e. The maximum Gasteiger partial charge on any atom is 0.573 e. The summed E-state index contributed by atoms with van der Waals surface area (Å²) in [5, 5.41) is 8.57. The molecule has 0 unspecified atom stereocenters. The number of nitrogens with zero attached hydrogens (tertiary/aromatic N) is 2. The molecule has 0 saturated heterocycles. The number of alkyl halides is 3. The van der Waals surface area contributed by atoms with Gasteiger partial charge in [-0.25, -0.2) is 0 Å². The van der Waals surface area contributed by atoms with Gasteiger partial charge in [0.2, 0.25) is 0 Å². The lowest BCUT2D eigenvalue weighted by molar-refractivity contribution is -0.274. The molecule has 0 amide bonds. The summed E-state index contributed by atoms with van der Waals surface area (Å²) in [4.78, 5) is 3.04. The van der Waals surface area contributed by atoms with Crippen LogP contribution < -0.4 is 4.74 Å². The Morgan fingerprint density at radius 3 is 2.45 bits per heavy atom. The highest BCUT2D eigenvalue weighted by molar-refractivity contribution is 7.98. The Balaban J connectivity index is 1.90. The first kappa shape index (κ1) is 14.7. The zero-order valence-electron chi connectivity index (χ0n) is 10.6. The van der Waals surface area contributed by atoms with E-state index in [1.807, 2.05) is 6.92 Å². The lowest BCUT2D eigenvalue weighted by atomic mass is 10.2. The van der Waals surface area contributed by atoms with Crippen molar-refractivity contribution in [3.05, 3.63) is 35.7 Å². The molecule has 8 heteroatoms. The molecule has 0 atom stereocenters. The zero-order chi connectivity index (χ0) is 14.6. The Morgan fingerprint density at radius 1 is 1.20 bits per heavy atom. The van der Waals surface area contributed by atoms with Crippen LogP contribution in [0.25, 0.3) is 0 Å². The van der Waals surface area contributed by atoms with Gasteiger partial charge in [-0.15, -0.1) is 23.4 Å². The van der Waals surface area contributed by atoms with Crippen LogP contribution in [0.3, 0.4) is 0 Å². The number of benzene rings is 1. The average molecular weight is 303 g/mol. The van der Waals surface area contributed by atoms with E-state index in [4.69, 9.17) is 0 Å². The van der Waals surface area contributed by atoms with Crippen molar-refractivity contribution in [1.29, 1.82) is 0 Å². The summed E-state index contributed by atoms with van der Waals surface area (Å²) < 4.78 is 39.8. The second-order valence-electron chi connectivity index (χ2n) is 3.91. The number of aromatic nitrogens is 3. The Labute approximate surface area is 117 Å². The number of thioether (sulfide) groups is 1. The first-order valence-electron chi connectivity index (χ1n) is 5.85. The molecule has 0 aliphatic rings. The van der Waals surface area contributed by atoms with E-state index in [0.717, 1.165) is 17.8 Å². The van der Waals surface area contributed by atoms with Gasteiger partial charge in [-0.3, -0.25) is 0 Å². The van der Waals surface area contributed by atoms with E-state index < -0.39 is 6.36 Å². The second kappa shape index (κ2) is 6.17. The second-order valence-corrected chi connectivity index (χ2v) is 4.87. The van der Waals surface area contributed by atoms with Gasteiger partial charge in [0.05, 0.1) is 0 Å². The third-order valence-corrected chi connectivity index (χ3v) is 3.31. The van der Waals surface area contributed by atoms with E-state index >= 15 is 0 Å². The standard InChI is InChI=1S/C12H12F3N3OS/c1-2-10-16-11(18-17-10)20-7-8-3-5-9(6-4-8)19-12(13,14)15/h3-6H,2,7H2,1H3,(H,16,17,18). The number of hydrogen-bond acceptors (Lipinski definition) is 4. The molecule has 0 radical (unpaired) electrons. The van der Waals surface area contributed by atoms with Crippen LogP contribution in [0, 0.1) is 0 Å². The van der Waals surface area contributed by atoms with Gasteiger partial charge in [0.1, 0.15) is 11.6 Å². The zero-order valence-corrected chi connectivity index (χ0v) is 11.4. The van der Waals surface area contributed by atoms with Crippen molar-refractivity contribution in [3.8, 4) is 5.75 Å². The molecule has 0 aliphatic carbocycles. The number of rotatable bonds is 5. The minimum atomic E-state index is -4.66. The number of aryl methyl sites for hydroxylation is 1. The van der Waals surface area contributed by atoms with Crippen LogP contribution in [0.15, 0.2) is 29.4 Å². The fraction of sp³-hybridized carbons (Fsp3) is 0.333. The molecule has 2 aromatic rings. The molecule has 0 spiro atoms. The van der Waals surface area contributed by atoms with Crippen molar-refractivity contribution < 1.29 is 17.9 Å². The van der Waals surface area contributed by atoms with Gasteiger partial charge in [-0.2, -0.15) is 0 Å². The Kier molecular flexibility index (Phi) is 4.53. The normalized spacial score (nSPS) is 11.6. The van der Waals surface area contributed by atoms with Gasteiger partial charge in [0, 0.05) is 12.2 Å². The fourth-order valence-corrected chi connectivity index (χ4v) is 2.23. The van der Waals surface area contributed by atoms with E-state index in [1.54, 1.807) is 12.1 Å². The van der Waals surface area contributed by atoms with Gasteiger partial charge < -0.3 is 9.72 Å². The number of hydrogen-bond donors (Lipinski definition) is 1. The van der Waals surface area contributed by atoms with E-state index in [2.05, 4.69) is 19.9 Å². The van der Waals surface area contributed by atoms with Crippen LogP contribution in [0.4, 0.5) is 13.2 Å². The molecule has 108 valence electrons. The highest BCUT2D eigenvalue weighted by atomic mass is 32.2. The van der Waals surface area contributed by atoms with Crippen molar-refractivity contribution in [2.24, 2.45) is 0 Å². The van der Waals surface area contributed by atoms with Gasteiger partial charge in [-0.1, -0.05) is 30.8 Å². The molecule has 1 heterocycles. The smallest absolute Gasteiger partial charge is 0.406 e. The van der Waals surface area contributed by atoms with Gasteiger partial charge >= 0.3 is 6.36 Å². The predicted molar refractivity (Wildman–Crippen MR) is 68.4 cm³/mol. The number of nitrogens with one attached hydrogen (secondary N) is 1. The van der Waals surface area contributed by atoms with Crippen molar-refractivity contribution in [2.75, 3.05) is 0 Å². The monoisotopic (exact) mass is 303 g/mol. The van der Waals surface area contributed by atoms with Crippen molar-refractivity contribution in [1.82, 2.24) is 15.2 Å². The maximum atomic E-state index is 12.0. The third kappa shape index (κ3) is 4.44. The van der Waals surface area contributed by atoms with Crippen LogP contribution in [-0.2, 0) is 12.2 Å². The van der Waals surface area contributed by atoms with Crippen molar-refractivity contribution in [2.45, 2.75) is 30.6 Å². The van der Waals surface area contributed by atoms with Crippen molar-refractivity contribution in [3.63, 3.8) is 0 Å². The highest BCUT2D eigenvalue weighted by Crippen LogP contribution is 2.25.